The highest BCUT2D eigenvalue weighted by molar-refractivity contribution is 6.32. The Kier molecular flexibility index (Phi) is 6.73. The van der Waals surface area contributed by atoms with Gasteiger partial charge in [-0.25, -0.2) is 5.43 Å². The molecule has 0 radical (unpaired) electrons. The molecule has 3 aromatic rings. The van der Waals surface area contributed by atoms with E-state index in [0.29, 0.717) is 27.6 Å². The van der Waals surface area contributed by atoms with Gasteiger partial charge in [0.2, 0.25) is 0 Å². The monoisotopic (exact) mass is 410 g/mol. The minimum atomic E-state index is -0.290. The largest absolute Gasteiger partial charge is 0.493 e. The normalized spacial score (nSPS) is 12.1. The lowest BCUT2D eigenvalue weighted by Gasteiger charge is -2.17. The van der Waals surface area contributed by atoms with Crippen LogP contribution >= 0.6 is 11.6 Å². The number of methoxy groups -OCH3 is 1. The molecule has 0 aliphatic rings. The maximum absolute atomic E-state index is 12.4. The summed E-state index contributed by atoms with van der Waals surface area (Å²) >= 11 is 6.35. The fourth-order valence-corrected chi connectivity index (χ4v) is 3.04. The van der Waals surface area contributed by atoms with Gasteiger partial charge in [-0.15, -0.1) is 0 Å². The van der Waals surface area contributed by atoms with Crippen LogP contribution in [0.25, 0.3) is 10.8 Å². The molecule has 3 aromatic carbocycles. The van der Waals surface area contributed by atoms with Crippen LogP contribution in [0.2, 0.25) is 5.02 Å². The third-order valence-corrected chi connectivity index (χ3v) is 4.82. The Balaban J connectivity index is 1.73. The van der Waals surface area contributed by atoms with Gasteiger partial charge in [-0.1, -0.05) is 48.9 Å². The minimum Gasteiger partial charge on any atom is -0.493 e. The molecule has 29 heavy (non-hydrogen) atoms. The van der Waals surface area contributed by atoms with Crippen LogP contribution in [0.4, 0.5) is 0 Å². The van der Waals surface area contributed by atoms with Crippen molar-refractivity contribution in [2.45, 2.75) is 26.4 Å². The van der Waals surface area contributed by atoms with Gasteiger partial charge >= 0.3 is 0 Å². The molecule has 0 aromatic heterocycles. The van der Waals surface area contributed by atoms with Crippen molar-refractivity contribution in [3.8, 4) is 11.5 Å². The lowest BCUT2D eigenvalue weighted by molar-refractivity contribution is 0.0955. The number of hydrogen-bond donors (Lipinski definition) is 1. The van der Waals surface area contributed by atoms with E-state index in [1.54, 1.807) is 25.3 Å². The number of fused-ring (bicyclic) bond motifs is 1. The average molecular weight is 411 g/mol. The van der Waals surface area contributed by atoms with E-state index in [9.17, 15) is 4.79 Å². The van der Waals surface area contributed by atoms with Gasteiger partial charge in [-0.3, -0.25) is 4.79 Å². The van der Waals surface area contributed by atoms with Crippen molar-refractivity contribution in [3.63, 3.8) is 0 Å². The van der Waals surface area contributed by atoms with E-state index in [4.69, 9.17) is 21.1 Å². The van der Waals surface area contributed by atoms with E-state index in [1.165, 1.54) is 6.21 Å². The van der Waals surface area contributed by atoms with Gasteiger partial charge in [-0.05, 0) is 53.9 Å². The molecule has 0 saturated carbocycles. The van der Waals surface area contributed by atoms with Gasteiger partial charge in [-0.2, -0.15) is 5.10 Å². The number of carbonyl (C=O) groups excluding carboxylic acids is 1. The zero-order valence-corrected chi connectivity index (χ0v) is 17.4. The van der Waals surface area contributed by atoms with Gasteiger partial charge in [0, 0.05) is 5.56 Å². The second-order valence-electron chi connectivity index (χ2n) is 6.63. The fraction of sp³-hybridized carbons (Fsp3) is 0.217. The van der Waals surface area contributed by atoms with Crippen molar-refractivity contribution in [1.82, 2.24) is 5.43 Å². The number of halogens is 1. The van der Waals surface area contributed by atoms with Crippen molar-refractivity contribution in [2.75, 3.05) is 7.11 Å². The molecule has 0 spiro atoms. The molecule has 1 atom stereocenters. The van der Waals surface area contributed by atoms with Crippen LogP contribution in [0.1, 0.15) is 36.2 Å². The van der Waals surface area contributed by atoms with Crippen molar-refractivity contribution >= 4 is 34.5 Å². The van der Waals surface area contributed by atoms with Gasteiger partial charge in [0.1, 0.15) is 0 Å². The molecule has 0 bridgehead atoms. The standard InChI is InChI=1S/C23H23ClN2O3/c1-4-15(2)29-22-20(24)11-16(12-21(22)28-3)14-25-26-23(27)19-10-9-17-7-5-6-8-18(17)13-19/h5-15H,4H2,1-3H3,(H,26,27)/b25-14-/t15-/m0/s1. The molecule has 0 aliphatic carbocycles. The molecule has 1 N–H and O–H groups in total. The number of benzene rings is 3. The predicted octanol–water partition coefficient (Wildman–Crippen LogP) is 5.44. The molecular formula is C23H23ClN2O3. The lowest BCUT2D eigenvalue weighted by atomic mass is 10.1. The third kappa shape index (κ3) is 5.06. The Morgan fingerprint density at radius 2 is 1.93 bits per heavy atom. The molecule has 0 fully saturated rings. The molecule has 0 saturated heterocycles. The first-order chi connectivity index (χ1) is 14.0. The van der Waals surface area contributed by atoms with E-state index >= 15 is 0 Å². The quantitative estimate of drug-likeness (QED) is 0.416. The number of nitrogens with one attached hydrogen (secondary N) is 1. The topological polar surface area (TPSA) is 59.9 Å². The third-order valence-electron chi connectivity index (χ3n) is 4.54. The Labute approximate surface area is 175 Å². The van der Waals surface area contributed by atoms with Crippen molar-refractivity contribution in [1.29, 1.82) is 0 Å². The molecule has 0 unspecified atom stereocenters. The van der Waals surface area contributed by atoms with Crippen molar-refractivity contribution < 1.29 is 14.3 Å². The highest BCUT2D eigenvalue weighted by Crippen LogP contribution is 2.37. The second-order valence-corrected chi connectivity index (χ2v) is 7.04. The number of ether oxygens (including phenoxy) is 2. The first-order valence-electron chi connectivity index (χ1n) is 9.38. The summed E-state index contributed by atoms with van der Waals surface area (Å²) in [6.07, 6.45) is 2.38. The Bertz CT molecular complexity index is 1050. The van der Waals surface area contributed by atoms with Gasteiger partial charge < -0.3 is 9.47 Å². The summed E-state index contributed by atoms with van der Waals surface area (Å²) in [6.45, 7) is 4.00. The minimum absolute atomic E-state index is 0.0159. The van der Waals surface area contributed by atoms with Crippen LogP contribution in [0.3, 0.4) is 0 Å². The van der Waals surface area contributed by atoms with Crippen LogP contribution in [0.5, 0.6) is 11.5 Å². The summed E-state index contributed by atoms with van der Waals surface area (Å²) in [4.78, 5) is 12.4. The van der Waals surface area contributed by atoms with E-state index in [-0.39, 0.29) is 12.0 Å². The molecule has 0 aliphatic heterocycles. The molecule has 150 valence electrons. The summed E-state index contributed by atoms with van der Waals surface area (Å²) in [5, 5.41) is 6.54. The second kappa shape index (κ2) is 9.43. The average Bonchev–Trinajstić information content (AvgIpc) is 2.74. The molecule has 5 nitrogen and oxygen atoms in total. The first-order valence-corrected chi connectivity index (χ1v) is 9.76. The summed E-state index contributed by atoms with van der Waals surface area (Å²) in [5.41, 5.74) is 3.76. The number of hydrogen-bond acceptors (Lipinski definition) is 4. The number of rotatable bonds is 7. The summed E-state index contributed by atoms with van der Waals surface area (Å²) < 4.78 is 11.2. The van der Waals surface area contributed by atoms with E-state index < -0.39 is 0 Å². The van der Waals surface area contributed by atoms with Gasteiger partial charge in [0.15, 0.2) is 11.5 Å². The first kappa shape index (κ1) is 20.7. The van der Waals surface area contributed by atoms with Crippen LogP contribution in [-0.2, 0) is 0 Å². The molecule has 0 heterocycles. The number of hydrazone groups is 1. The summed E-state index contributed by atoms with van der Waals surface area (Å²) in [5.74, 6) is 0.725. The van der Waals surface area contributed by atoms with E-state index in [2.05, 4.69) is 10.5 Å². The maximum atomic E-state index is 12.4. The summed E-state index contributed by atoms with van der Waals surface area (Å²) in [7, 11) is 1.55. The molecular weight excluding hydrogens is 388 g/mol. The number of carbonyl (C=O) groups is 1. The smallest absolute Gasteiger partial charge is 0.271 e. The van der Waals surface area contributed by atoms with Crippen LogP contribution in [0.15, 0.2) is 59.7 Å². The Morgan fingerprint density at radius 3 is 2.66 bits per heavy atom. The van der Waals surface area contributed by atoms with Crippen LogP contribution < -0.4 is 14.9 Å². The predicted molar refractivity (Wildman–Crippen MR) is 117 cm³/mol. The Morgan fingerprint density at radius 1 is 1.17 bits per heavy atom. The molecule has 3 rings (SSSR count). The van der Waals surface area contributed by atoms with Crippen molar-refractivity contribution in [2.24, 2.45) is 5.10 Å². The highest BCUT2D eigenvalue weighted by atomic mass is 35.5. The van der Waals surface area contributed by atoms with Crippen LogP contribution in [0, 0.1) is 0 Å². The number of amides is 1. The number of nitrogens with zero attached hydrogens (tertiary/aromatic N) is 1. The SMILES string of the molecule is CC[C@H](C)Oc1c(Cl)cc(/C=N\NC(=O)c2ccc3ccccc3c2)cc1OC. The maximum Gasteiger partial charge on any atom is 0.271 e. The molecule has 6 heteroatoms. The van der Waals surface area contributed by atoms with E-state index in [0.717, 1.165) is 17.2 Å². The fourth-order valence-electron chi connectivity index (χ4n) is 2.77. The summed E-state index contributed by atoms with van der Waals surface area (Å²) in [6, 6.07) is 16.9. The highest BCUT2D eigenvalue weighted by Gasteiger charge is 2.14. The van der Waals surface area contributed by atoms with Crippen molar-refractivity contribution in [3.05, 3.63) is 70.7 Å². The zero-order valence-electron chi connectivity index (χ0n) is 16.6. The van der Waals surface area contributed by atoms with Crippen LogP contribution in [-0.4, -0.2) is 25.3 Å². The zero-order chi connectivity index (χ0) is 20.8. The molecule has 1 amide bonds. The van der Waals surface area contributed by atoms with E-state index in [1.807, 2.05) is 50.2 Å². The van der Waals surface area contributed by atoms with Gasteiger partial charge in [0.05, 0.1) is 24.5 Å². The lowest BCUT2D eigenvalue weighted by Crippen LogP contribution is -2.17. The Hall–Kier alpha value is -3.05. The van der Waals surface area contributed by atoms with Gasteiger partial charge in [0.25, 0.3) is 5.91 Å².